The summed E-state index contributed by atoms with van der Waals surface area (Å²) < 4.78 is 19.4. The number of hydrogen-bond donors (Lipinski definition) is 2. The van der Waals surface area contributed by atoms with Crippen molar-refractivity contribution in [1.82, 2.24) is 0 Å². The van der Waals surface area contributed by atoms with Crippen LogP contribution in [-0.2, 0) is 4.57 Å². The van der Waals surface area contributed by atoms with Crippen LogP contribution >= 0.6 is 7.37 Å². The van der Waals surface area contributed by atoms with E-state index < -0.39 is 13.1 Å². The summed E-state index contributed by atoms with van der Waals surface area (Å²) in [6.07, 6.45) is 1.12. The van der Waals surface area contributed by atoms with Crippen LogP contribution < -0.4 is 9.83 Å². The standard InChI is InChI=1S/C18H15O4P/c1-12(19)11-18(13(2)20)23(21)17-10-6-4-8-15(17)14-7-3-5-9-16(14)22-23/h3-11,19-20H,1-2H2/b18-11+. The van der Waals surface area contributed by atoms with Crippen LogP contribution in [0.1, 0.15) is 0 Å². The van der Waals surface area contributed by atoms with Crippen molar-refractivity contribution in [3.05, 3.63) is 84.6 Å². The summed E-state index contributed by atoms with van der Waals surface area (Å²) in [5.41, 5.74) is 1.58. The third kappa shape index (κ3) is 2.47. The largest absolute Gasteiger partial charge is 0.509 e. The molecule has 1 heterocycles. The van der Waals surface area contributed by atoms with Gasteiger partial charge in [-0.1, -0.05) is 49.6 Å². The molecule has 3 rings (SSSR count). The first-order valence-electron chi connectivity index (χ1n) is 6.90. The highest BCUT2D eigenvalue weighted by atomic mass is 31.2. The lowest BCUT2D eigenvalue weighted by molar-refractivity contribution is 0.417. The normalized spacial score (nSPS) is 19.2. The summed E-state index contributed by atoms with van der Waals surface area (Å²) >= 11 is 0. The highest BCUT2D eigenvalue weighted by Gasteiger charge is 2.40. The first-order chi connectivity index (χ1) is 10.9. The minimum atomic E-state index is -3.67. The van der Waals surface area contributed by atoms with Crippen molar-refractivity contribution in [3.8, 4) is 16.9 Å². The Bertz CT molecular complexity index is 895. The minimum absolute atomic E-state index is 0.0769. The van der Waals surface area contributed by atoms with Gasteiger partial charge < -0.3 is 14.7 Å². The van der Waals surface area contributed by atoms with E-state index in [1.165, 1.54) is 0 Å². The van der Waals surface area contributed by atoms with E-state index >= 15 is 0 Å². The number of aliphatic hydroxyl groups is 2. The van der Waals surface area contributed by atoms with Gasteiger partial charge in [0.15, 0.2) is 0 Å². The van der Waals surface area contributed by atoms with Crippen molar-refractivity contribution >= 4 is 12.7 Å². The molecule has 0 fully saturated rings. The van der Waals surface area contributed by atoms with E-state index in [1.807, 2.05) is 24.3 Å². The number of allylic oxidation sites excluding steroid dienone is 2. The fourth-order valence-electron chi connectivity index (χ4n) is 2.59. The van der Waals surface area contributed by atoms with Crippen LogP contribution in [0, 0.1) is 0 Å². The number of fused-ring (bicyclic) bond motifs is 3. The van der Waals surface area contributed by atoms with Gasteiger partial charge in [0.25, 0.3) is 0 Å². The molecule has 0 bridgehead atoms. The Labute approximate surface area is 134 Å². The van der Waals surface area contributed by atoms with Crippen molar-refractivity contribution in [3.63, 3.8) is 0 Å². The molecule has 116 valence electrons. The van der Waals surface area contributed by atoms with Crippen LogP contribution in [0.15, 0.2) is 84.6 Å². The summed E-state index contributed by atoms with van der Waals surface area (Å²) in [5, 5.41) is 19.7. The van der Waals surface area contributed by atoms with E-state index in [0.717, 1.165) is 17.2 Å². The van der Waals surface area contributed by atoms with E-state index in [4.69, 9.17) is 4.52 Å². The Morgan fingerprint density at radius 3 is 2.26 bits per heavy atom. The Morgan fingerprint density at radius 1 is 1.00 bits per heavy atom. The van der Waals surface area contributed by atoms with Gasteiger partial charge in [-0.2, -0.15) is 0 Å². The van der Waals surface area contributed by atoms with Gasteiger partial charge in [0, 0.05) is 5.56 Å². The minimum Gasteiger partial charge on any atom is -0.509 e. The van der Waals surface area contributed by atoms with Gasteiger partial charge in [-0.3, -0.25) is 4.57 Å². The van der Waals surface area contributed by atoms with E-state index in [9.17, 15) is 14.8 Å². The van der Waals surface area contributed by atoms with Gasteiger partial charge in [0.05, 0.1) is 10.6 Å². The number of benzene rings is 2. The zero-order valence-electron chi connectivity index (χ0n) is 12.3. The van der Waals surface area contributed by atoms with Crippen LogP contribution in [-0.4, -0.2) is 10.2 Å². The highest BCUT2D eigenvalue weighted by Crippen LogP contribution is 2.61. The Morgan fingerprint density at radius 2 is 1.61 bits per heavy atom. The van der Waals surface area contributed by atoms with E-state index in [1.54, 1.807) is 24.3 Å². The summed E-state index contributed by atoms with van der Waals surface area (Å²) in [5.74, 6) is -0.326. The summed E-state index contributed by atoms with van der Waals surface area (Å²) in [6.45, 7) is 6.79. The predicted molar refractivity (Wildman–Crippen MR) is 91.4 cm³/mol. The molecule has 4 nitrogen and oxygen atoms in total. The summed E-state index contributed by atoms with van der Waals surface area (Å²) in [4.78, 5) is 0. The molecule has 2 aromatic carbocycles. The maximum atomic E-state index is 13.6. The number of hydrogen-bond acceptors (Lipinski definition) is 4. The molecular formula is C18H15O4P. The molecule has 0 radical (unpaired) electrons. The van der Waals surface area contributed by atoms with Crippen LogP contribution in [0.4, 0.5) is 0 Å². The lowest BCUT2D eigenvalue weighted by Gasteiger charge is -2.29. The second kappa shape index (κ2) is 5.49. The Hall–Kier alpha value is -2.71. The fraction of sp³-hybridized carbons (Fsp3) is 0. The third-order valence-corrected chi connectivity index (χ3v) is 6.04. The monoisotopic (exact) mass is 326 g/mol. The molecule has 0 aromatic heterocycles. The SMILES string of the molecule is C=C(O)/C=C(\C(=C)O)P1(=O)Oc2ccccc2-c2ccccc21. The van der Waals surface area contributed by atoms with Gasteiger partial charge in [0.1, 0.15) is 17.3 Å². The zero-order chi connectivity index (χ0) is 16.6. The molecule has 1 aliphatic heterocycles. The number of para-hydroxylation sites is 1. The van der Waals surface area contributed by atoms with Crippen LogP contribution in [0.3, 0.4) is 0 Å². The van der Waals surface area contributed by atoms with Gasteiger partial charge >= 0.3 is 7.37 Å². The second-order valence-electron chi connectivity index (χ2n) is 5.12. The van der Waals surface area contributed by atoms with Crippen LogP contribution in [0.2, 0.25) is 0 Å². The molecule has 0 saturated heterocycles. The molecular weight excluding hydrogens is 311 g/mol. The van der Waals surface area contributed by atoms with Crippen LogP contribution in [0.5, 0.6) is 5.75 Å². The predicted octanol–water partition coefficient (Wildman–Crippen LogP) is 4.68. The quantitative estimate of drug-likeness (QED) is 0.488. The van der Waals surface area contributed by atoms with Crippen molar-refractivity contribution < 1.29 is 19.3 Å². The Balaban J connectivity index is 2.32. The molecule has 0 amide bonds. The number of aliphatic hydroxyl groups excluding tert-OH is 2. The van der Waals surface area contributed by atoms with E-state index in [-0.39, 0.29) is 11.1 Å². The van der Waals surface area contributed by atoms with Gasteiger partial charge in [0.2, 0.25) is 0 Å². The fourth-order valence-corrected chi connectivity index (χ4v) is 4.94. The lowest BCUT2D eigenvalue weighted by atomic mass is 10.0. The van der Waals surface area contributed by atoms with Crippen LogP contribution in [0.25, 0.3) is 11.1 Å². The van der Waals surface area contributed by atoms with E-state index in [0.29, 0.717) is 11.1 Å². The number of rotatable bonds is 3. The van der Waals surface area contributed by atoms with Gasteiger partial charge in [-0.15, -0.1) is 0 Å². The van der Waals surface area contributed by atoms with Crippen molar-refractivity contribution in [2.45, 2.75) is 0 Å². The molecule has 1 unspecified atom stereocenters. The molecule has 2 aromatic rings. The highest BCUT2D eigenvalue weighted by molar-refractivity contribution is 7.72. The van der Waals surface area contributed by atoms with Crippen molar-refractivity contribution in [1.29, 1.82) is 0 Å². The van der Waals surface area contributed by atoms with E-state index in [2.05, 4.69) is 13.2 Å². The topological polar surface area (TPSA) is 66.8 Å². The third-order valence-electron chi connectivity index (χ3n) is 3.54. The second-order valence-corrected chi connectivity index (χ2v) is 7.37. The molecule has 0 spiro atoms. The first-order valence-corrected chi connectivity index (χ1v) is 8.53. The van der Waals surface area contributed by atoms with Crippen molar-refractivity contribution in [2.24, 2.45) is 0 Å². The average molecular weight is 326 g/mol. The summed E-state index contributed by atoms with van der Waals surface area (Å²) in [6, 6.07) is 14.3. The zero-order valence-corrected chi connectivity index (χ0v) is 13.2. The maximum Gasteiger partial charge on any atom is 0.311 e. The van der Waals surface area contributed by atoms with Gasteiger partial charge in [-0.25, -0.2) is 0 Å². The smallest absolute Gasteiger partial charge is 0.311 e. The van der Waals surface area contributed by atoms with Crippen molar-refractivity contribution in [2.75, 3.05) is 0 Å². The molecule has 0 aliphatic carbocycles. The molecule has 5 heteroatoms. The molecule has 0 saturated carbocycles. The molecule has 23 heavy (non-hydrogen) atoms. The Kier molecular flexibility index (Phi) is 3.63. The van der Waals surface area contributed by atoms with Gasteiger partial charge in [-0.05, 0) is 23.8 Å². The lowest BCUT2D eigenvalue weighted by Crippen LogP contribution is -2.19. The summed E-state index contributed by atoms with van der Waals surface area (Å²) in [7, 11) is -3.67. The molecule has 2 N–H and O–H groups in total. The average Bonchev–Trinajstić information content (AvgIpc) is 2.52. The maximum absolute atomic E-state index is 13.6. The molecule has 1 atom stereocenters. The molecule has 1 aliphatic rings. The first kappa shape index (κ1) is 15.2.